The molecule has 0 amide bonds. The molecule has 0 saturated heterocycles. The van der Waals surface area contributed by atoms with Crippen molar-refractivity contribution in [3.8, 4) is 0 Å². The second kappa shape index (κ2) is 10.5. The largest absolute Gasteiger partial charge is 0.333 e. The van der Waals surface area contributed by atoms with Crippen LogP contribution in [0.5, 0.6) is 0 Å². The van der Waals surface area contributed by atoms with Gasteiger partial charge in [-0.05, 0) is 80.8 Å². The van der Waals surface area contributed by atoms with E-state index < -0.39 is 0 Å². The molecule has 0 heterocycles. The topological polar surface area (TPSA) is 3.24 Å². The molecule has 3 aromatic rings. The average Bonchev–Trinajstić information content (AvgIpc) is 2.71. The Morgan fingerprint density at radius 3 is 1.44 bits per heavy atom. The number of hydrogen-bond acceptors (Lipinski definition) is 1. The molecule has 34 heavy (non-hydrogen) atoms. The first-order valence-corrected chi connectivity index (χ1v) is 14.3. The molecule has 0 spiro atoms. The van der Waals surface area contributed by atoms with Crippen molar-refractivity contribution in [1.29, 1.82) is 0 Å². The minimum atomic E-state index is 0.0513. The minimum absolute atomic E-state index is 0.0513. The molecule has 0 radical (unpaired) electrons. The van der Waals surface area contributed by atoms with Gasteiger partial charge >= 0.3 is 0 Å². The van der Waals surface area contributed by atoms with Crippen molar-refractivity contribution in [3.05, 3.63) is 99.1 Å². The SMILES string of the molecule is CCc1cccc(C)c1N(PC(C)(C)c1cc(C)cc(C)c1)PC(C)(C)c1cc(C)cc(C)c1. The summed E-state index contributed by atoms with van der Waals surface area (Å²) in [6, 6.07) is 20.9. The normalized spacial score (nSPS) is 12.9. The van der Waals surface area contributed by atoms with Gasteiger partial charge in [-0.2, -0.15) is 0 Å². The van der Waals surface area contributed by atoms with Crippen molar-refractivity contribution >= 4 is 23.2 Å². The second-order valence-corrected chi connectivity index (χ2v) is 15.3. The van der Waals surface area contributed by atoms with Crippen LogP contribution >= 0.6 is 17.5 Å². The van der Waals surface area contributed by atoms with Crippen LogP contribution in [0.3, 0.4) is 0 Å². The van der Waals surface area contributed by atoms with E-state index in [1.165, 1.54) is 50.2 Å². The van der Waals surface area contributed by atoms with Gasteiger partial charge in [-0.1, -0.05) is 111 Å². The second-order valence-electron chi connectivity index (χ2n) is 11.0. The Balaban J connectivity index is 2.09. The van der Waals surface area contributed by atoms with Crippen LogP contribution in [-0.4, -0.2) is 0 Å². The monoisotopic (exact) mass is 491 g/mol. The Bertz CT molecular complexity index is 1050. The average molecular weight is 492 g/mol. The highest BCUT2D eigenvalue weighted by Gasteiger charge is 2.32. The lowest BCUT2D eigenvalue weighted by atomic mass is 9.98. The number of rotatable bonds is 8. The first-order chi connectivity index (χ1) is 15.8. The fraction of sp³-hybridized carbons (Fsp3) is 0.419. The number of hydrogen-bond donors (Lipinski definition) is 0. The Morgan fingerprint density at radius 1 is 0.647 bits per heavy atom. The standard InChI is InChI=1S/C31H43NP2/c1-11-26-14-12-13-25(6)29(26)32(33-30(7,8)27-17-21(2)15-22(3)18-27)34-31(9,10)28-19-23(4)16-24(5)20-28/h12-20,33-34H,11H2,1-10H3. The molecule has 2 unspecified atom stereocenters. The lowest BCUT2D eigenvalue weighted by Crippen LogP contribution is -2.23. The van der Waals surface area contributed by atoms with Crippen molar-refractivity contribution in [2.75, 3.05) is 4.44 Å². The zero-order valence-corrected chi connectivity index (χ0v) is 24.9. The molecular formula is C31H43NP2. The number of benzene rings is 3. The molecule has 2 atom stereocenters. The van der Waals surface area contributed by atoms with Crippen LogP contribution in [0, 0.1) is 34.6 Å². The van der Waals surface area contributed by atoms with Gasteiger partial charge in [0, 0.05) is 16.0 Å². The molecule has 0 saturated carbocycles. The van der Waals surface area contributed by atoms with Gasteiger partial charge in [-0.3, -0.25) is 0 Å². The predicted molar refractivity (Wildman–Crippen MR) is 158 cm³/mol. The zero-order valence-electron chi connectivity index (χ0n) is 22.9. The summed E-state index contributed by atoms with van der Waals surface area (Å²) in [5, 5.41) is 0.103. The van der Waals surface area contributed by atoms with Gasteiger partial charge in [-0.15, -0.1) is 0 Å². The van der Waals surface area contributed by atoms with Gasteiger partial charge < -0.3 is 4.44 Å². The minimum Gasteiger partial charge on any atom is -0.333 e. The lowest BCUT2D eigenvalue weighted by molar-refractivity contribution is 0.761. The molecule has 3 aromatic carbocycles. The van der Waals surface area contributed by atoms with Gasteiger partial charge in [0.2, 0.25) is 0 Å². The fourth-order valence-electron chi connectivity index (χ4n) is 4.82. The smallest absolute Gasteiger partial charge is 0.0490 e. The van der Waals surface area contributed by atoms with Gasteiger partial charge in [0.05, 0.1) is 0 Å². The van der Waals surface area contributed by atoms with Crippen LogP contribution in [0.15, 0.2) is 54.6 Å². The predicted octanol–water partition coefficient (Wildman–Crippen LogP) is 9.66. The summed E-state index contributed by atoms with van der Waals surface area (Å²) in [6.45, 7) is 23.1. The van der Waals surface area contributed by atoms with Crippen molar-refractivity contribution in [3.63, 3.8) is 0 Å². The summed E-state index contributed by atoms with van der Waals surface area (Å²) in [5.41, 5.74) is 12.6. The molecule has 0 aliphatic rings. The highest BCUT2D eigenvalue weighted by atomic mass is 31.1. The van der Waals surface area contributed by atoms with Crippen LogP contribution in [0.1, 0.15) is 79.1 Å². The molecular weight excluding hydrogens is 448 g/mol. The summed E-state index contributed by atoms with van der Waals surface area (Å²) in [7, 11) is 1.30. The first-order valence-electron chi connectivity index (χ1n) is 12.4. The fourth-order valence-corrected chi connectivity index (χ4v) is 9.25. The van der Waals surface area contributed by atoms with Crippen molar-refractivity contribution < 1.29 is 0 Å². The molecule has 0 N–H and O–H groups in total. The molecule has 0 fully saturated rings. The van der Waals surface area contributed by atoms with Crippen molar-refractivity contribution in [2.45, 2.75) is 86.0 Å². The van der Waals surface area contributed by atoms with Crippen molar-refractivity contribution in [1.82, 2.24) is 0 Å². The van der Waals surface area contributed by atoms with E-state index in [4.69, 9.17) is 0 Å². The van der Waals surface area contributed by atoms with Crippen LogP contribution in [0.4, 0.5) is 5.69 Å². The van der Waals surface area contributed by atoms with E-state index in [2.05, 4.69) is 128 Å². The molecule has 0 aliphatic carbocycles. The summed E-state index contributed by atoms with van der Waals surface area (Å²) >= 11 is 0. The van der Waals surface area contributed by atoms with E-state index in [0.29, 0.717) is 17.5 Å². The summed E-state index contributed by atoms with van der Waals surface area (Å²) in [5.74, 6) is 0. The third-order valence-corrected chi connectivity index (χ3v) is 9.86. The quantitative estimate of drug-likeness (QED) is 0.284. The van der Waals surface area contributed by atoms with Gasteiger partial charge in [0.15, 0.2) is 0 Å². The molecule has 1 nitrogen and oxygen atoms in total. The van der Waals surface area contributed by atoms with Crippen molar-refractivity contribution in [2.24, 2.45) is 0 Å². The highest BCUT2D eigenvalue weighted by Crippen LogP contribution is 2.57. The van der Waals surface area contributed by atoms with E-state index in [1.54, 1.807) is 0 Å². The van der Waals surface area contributed by atoms with E-state index in [0.717, 1.165) is 6.42 Å². The first kappa shape index (κ1) is 26.9. The molecule has 182 valence electrons. The maximum Gasteiger partial charge on any atom is 0.0490 e. The van der Waals surface area contributed by atoms with E-state index in [-0.39, 0.29) is 10.3 Å². The van der Waals surface area contributed by atoms with E-state index in [9.17, 15) is 0 Å². The third kappa shape index (κ3) is 6.30. The number of aryl methyl sites for hydroxylation is 6. The van der Waals surface area contributed by atoms with E-state index in [1.807, 2.05) is 0 Å². The molecule has 3 rings (SSSR count). The zero-order chi connectivity index (χ0) is 25.3. The molecule has 0 aromatic heterocycles. The Hall–Kier alpha value is -1.68. The highest BCUT2D eigenvalue weighted by molar-refractivity contribution is 7.60. The molecule has 3 heteroatoms. The molecule has 0 aliphatic heterocycles. The Kier molecular flexibility index (Phi) is 8.33. The summed E-state index contributed by atoms with van der Waals surface area (Å²) in [4.78, 5) is 0. The van der Waals surface area contributed by atoms with Gasteiger partial charge in [-0.25, -0.2) is 0 Å². The third-order valence-electron chi connectivity index (χ3n) is 6.60. The lowest BCUT2D eigenvalue weighted by Gasteiger charge is -2.41. The van der Waals surface area contributed by atoms with Crippen LogP contribution in [0.2, 0.25) is 0 Å². The number of anilines is 1. The molecule has 0 bridgehead atoms. The van der Waals surface area contributed by atoms with Crippen LogP contribution in [-0.2, 0) is 16.7 Å². The summed E-state index contributed by atoms with van der Waals surface area (Å²) < 4.78 is 2.74. The van der Waals surface area contributed by atoms with Crippen LogP contribution in [0.25, 0.3) is 0 Å². The maximum atomic E-state index is 2.74. The Labute approximate surface area is 212 Å². The summed E-state index contributed by atoms with van der Waals surface area (Å²) in [6.07, 6.45) is 1.05. The maximum absolute atomic E-state index is 2.74. The Morgan fingerprint density at radius 2 is 1.06 bits per heavy atom. The number of para-hydroxylation sites is 1. The van der Waals surface area contributed by atoms with E-state index >= 15 is 0 Å². The van der Waals surface area contributed by atoms with Gasteiger partial charge in [0.25, 0.3) is 0 Å². The van der Waals surface area contributed by atoms with Gasteiger partial charge in [0.1, 0.15) is 0 Å². The number of nitrogens with zero attached hydrogens (tertiary/aromatic N) is 1. The van der Waals surface area contributed by atoms with Crippen LogP contribution < -0.4 is 4.44 Å².